The third-order valence-electron chi connectivity index (χ3n) is 4.09. The Hall–Kier alpha value is -2.09. The van der Waals surface area contributed by atoms with Gasteiger partial charge in [0.2, 0.25) is 5.91 Å². The molecular weight excluding hydrogens is 431 g/mol. The molecule has 25 heavy (non-hydrogen) atoms. The molecule has 0 saturated heterocycles. The highest BCUT2D eigenvalue weighted by Crippen LogP contribution is 2.33. The SMILES string of the molecule is Cc1ccc(NC(=O)CCN2C(=O)C(C)Oc3ccccc32)cc1I. The van der Waals surface area contributed by atoms with Crippen LogP contribution in [0, 0.1) is 10.5 Å². The highest BCUT2D eigenvalue weighted by molar-refractivity contribution is 14.1. The number of hydrogen-bond donors (Lipinski definition) is 1. The number of ether oxygens (including phenoxy) is 1. The van der Waals surface area contributed by atoms with Gasteiger partial charge in [-0.2, -0.15) is 0 Å². The minimum Gasteiger partial charge on any atom is -0.479 e. The van der Waals surface area contributed by atoms with Gasteiger partial charge in [-0.25, -0.2) is 0 Å². The van der Waals surface area contributed by atoms with Crippen LogP contribution >= 0.6 is 22.6 Å². The van der Waals surface area contributed by atoms with Gasteiger partial charge in [0, 0.05) is 22.2 Å². The minimum atomic E-state index is -0.545. The van der Waals surface area contributed by atoms with Gasteiger partial charge < -0.3 is 15.0 Å². The fourth-order valence-electron chi connectivity index (χ4n) is 2.70. The zero-order valence-corrected chi connectivity index (χ0v) is 16.2. The van der Waals surface area contributed by atoms with Crippen LogP contribution in [-0.4, -0.2) is 24.5 Å². The Morgan fingerprint density at radius 1 is 1.28 bits per heavy atom. The number of nitrogens with zero attached hydrogens (tertiary/aromatic N) is 1. The maximum absolute atomic E-state index is 12.4. The molecule has 0 fully saturated rings. The first-order valence-corrected chi connectivity index (χ1v) is 9.16. The Morgan fingerprint density at radius 2 is 2.04 bits per heavy atom. The van der Waals surface area contributed by atoms with Crippen molar-refractivity contribution in [2.45, 2.75) is 26.4 Å². The molecule has 0 bridgehead atoms. The van der Waals surface area contributed by atoms with Crippen LogP contribution in [0.5, 0.6) is 5.75 Å². The number of para-hydroxylation sites is 2. The lowest BCUT2D eigenvalue weighted by Gasteiger charge is -2.32. The molecule has 0 saturated carbocycles. The average Bonchev–Trinajstić information content (AvgIpc) is 2.58. The van der Waals surface area contributed by atoms with Gasteiger partial charge in [-0.05, 0) is 66.3 Å². The van der Waals surface area contributed by atoms with Crippen LogP contribution < -0.4 is 15.0 Å². The summed E-state index contributed by atoms with van der Waals surface area (Å²) in [6, 6.07) is 13.2. The molecule has 0 spiro atoms. The summed E-state index contributed by atoms with van der Waals surface area (Å²) in [5.41, 5.74) is 2.65. The van der Waals surface area contributed by atoms with Crippen molar-refractivity contribution in [3.63, 3.8) is 0 Å². The smallest absolute Gasteiger partial charge is 0.267 e. The number of aryl methyl sites for hydroxylation is 1. The molecule has 0 aromatic heterocycles. The standard InChI is InChI=1S/C19H19IN2O3/c1-12-7-8-14(11-15(12)20)21-18(23)9-10-22-16-5-3-4-6-17(16)25-13(2)19(22)24/h3-8,11,13H,9-10H2,1-2H3,(H,21,23). The molecule has 1 heterocycles. The molecule has 2 aromatic rings. The highest BCUT2D eigenvalue weighted by atomic mass is 127. The molecular formula is C19H19IN2O3. The number of carbonyl (C=O) groups is 2. The second-order valence-electron chi connectivity index (χ2n) is 5.98. The van der Waals surface area contributed by atoms with Crippen LogP contribution in [0.15, 0.2) is 42.5 Å². The number of hydrogen-bond acceptors (Lipinski definition) is 3. The Kier molecular flexibility index (Phi) is 5.27. The van der Waals surface area contributed by atoms with Crippen LogP contribution in [0.1, 0.15) is 18.9 Å². The molecule has 1 aliphatic rings. The van der Waals surface area contributed by atoms with Crippen LogP contribution in [0.4, 0.5) is 11.4 Å². The summed E-state index contributed by atoms with van der Waals surface area (Å²) in [6.45, 7) is 4.06. The first-order chi connectivity index (χ1) is 12.0. The lowest BCUT2D eigenvalue weighted by Crippen LogP contribution is -2.45. The van der Waals surface area contributed by atoms with E-state index in [0.717, 1.165) is 9.26 Å². The van der Waals surface area contributed by atoms with Crippen LogP contribution in [-0.2, 0) is 9.59 Å². The molecule has 1 unspecified atom stereocenters. The summed E-state index contributed by atoms with van der Waals surface area (Å²) >= 11 is 2.24. The van der Waals surface area contributed by atoms with Crippen molar-refractivity contribution < 1.29 is 14.3 Å². The Labute approximate surface area is 160 Å². The predicted molar refractivity (Wildman–Crippen MR) is 106 cm³/mol. The fraction of sp³-hybridized carbons (Fsp3) is 0.263. The third kappa shape index (κ3) is 3.95. The lowest BCUT2D eigenvalue weighted by atomic mass is 10.1. The number of amides is 2. The third-order valence-corrected chi connectivity index (χ3v) is 5.25. The fourth-order valence-corrected chi connectivity index (χ4v) is 3.21. The topological polar surface area (TPSA) is 58.6 Å². The zero-order valence-electron chi connectivity index (χ0n) is 14.1. The molecule has 0 radical (unpaired) electrons. The van der Waals surface area contributed by atoms with Gasteiger partial charge in [0.15, 0.2) is 6.10 Å². The predicted octanol–water partition coefficient (Wildman–Crippen LogP) is 3.74. The second kappa shape index (κ2) is 7.43. The van der Waals surface area contributed by atoms with E-state index in [1.54, 1.807) is 11.8 Å². The monoisotopic (exact) mass is 450 g/mol. The number of rotatable bonds is 4. The quantitative estimate of drug-likeness (QED) is 0.723. The van der Waals surface area contributed by atoms with Crippen molar-refractivity contribution in [3.8, 4) is 5.75 Å². The van der Waals surface area contributed by atoms with Crippen LogP contribution in [0.2, 0.25) is 0 Å². The minimum absolute atomic E-state index is 0.121. The van der Waals surface area contributed by atoms with E-state index in [0.29, 0.717) is 18.0 Å². The zero-order chi connectivity index (χ0) is 18.0. The first-order valence-electron chi connectivity index (χ1n) is 8.09. The second-order valence-corrected chi connectivity index (χ2v) is 7.14. The molecule has 130 valence electrons. The summed E-state index contributed by atoms with van der Waals surface area (Å²) in [5.74, 6) is 0.420. The van der Waals surface area contributed by atoms with Gasteiger partial charge in [0.05, 0.1) is 5.69 Å². The summed E-state index contributed by atoms with van der Waals surface area (Å²) < 4.78 is 6.71. The average molecular weight is 450 g/mol. The van der Waals surface area contributed by atoms with Crippen molar-refractivity contribution >= 4 is 45.8 Å². The molecule has 5 nitrogen and oxygen atoms in total. The number of anilines is 2. The molecule has 1 N–H and O–H groups in total. The van der Waals surface area contributed by atoms with Crippen LogP contribution in [0.3, 0.4) is 0 Å². The molecule has 0 aliphatic carbocycles. The molecule has 6 heteroatoms. The molecule has 2 aromatic carbocycles. The van der Waals surface area contributed by atoms with Gasteiger partial charge in [-0.15, -0.1) is 0 Å². The molecule has 3 rings (SSSR count). The number of carbonyl (C=O) groups excluding carboxylic acids is 2. The van der Waals surface area contributed by atoms with Crippen molar-refractivity contribution in [2.24, 2.45) is 0 Å². The van der Waals surface area contributed by atoms with Gasteiger partial charge in [-0.1, -0.05) is 18.2 Å². The van der Waals surface area contributed by atoms with E-state index in [4.69, 9.17) is 4.74 Å². The first kappa shape index (κ1) is 17.7. The van der Waals surface area contributed by atoms with E-state index < -0.39 is 6.10 Å². The maximum Gasteiger partial charge on any atom is 0.267 e. The normalized spacial score (nSPS) is 16.2. The van der Waals surface area contributed by atoms with E-state index in [9.17, 15) is 9.59 Å². The van der Waals surface area contributed by atoms with E-state index >= 15 is 0 Å². The van der Waals surface area contributed by atoms with Gasteiger partial charge in [0.1, 0.15) is 5.75 Å². The van der Waals surface area contributed by atoms with E-state index in [1.807, 2.05) is 49.4 Å². The summed E-state index contributed by atoms with van der Waals surface area (Å²) in [5, 5.41) is 2.89. The number of benzene rings is 2. The molecule has 1 atom stereocenters. The lowest BCUT2D eigenvalue weighted by molar-refractivity contribution is -0.125. The van der Waals surface area contributed by atoms with Crippen LogP contribution in [0.25, 0.3) is 0 Å². The summed E-state index contributed by atoms with van der Waals surface area (Å²) in [4.78, 5) is 26.3. The Balaban J connectivity index is 1.67. The maximum atomic E-state index is 12.4. The van der Waals surface area contributed by atoms with E-state index in [1.165, 1.54) is 5.56 Å². The van der Waals surface area contributed by atoms with E-state index in [-0.39, 0.29) is 18.2 Å². The summed E-state index contributed by atoms with van der Waals surface area (Å²) in [7, 11) is 0. The number of fused-ring (bicyclic) bond motifs is 1. The van der Waals surface area contributed by atoms with E-state index in [2.05, 4.69) is 27.9 Å². The summed E-state index contributed by atoms with van der Waals surface area (Å²) in [6.07, 6.45) is -0.325. The largest absolute Gasteiger partial charge is 0.479 e. The van der Waals surface area contributed by atoms with Crippen molar-refractivity contribution in [2.75, 3.05) is 16.8 Å². The van der Waals surface area contributed by atoms with Gasteiger partial charge in [-0.3, -0.25) is 9.59 Å². The van der Waals surface area contributed by atoms with Gasteiger partial charge >= 0.3 is 0 Å². The Morgan fingerprint density at radius 3 is 2.80 bits per heavy atom. The van der Waals surface area contributed by atoms with Crippen molar-refractivity contribution in [1.29, 1.82) is 0 Å². The number of nitrogens with one attached hydrogen (secondary N) is 1. The van der Waals surface area contributed by atoms with Crippen molar-refractivity contribution in [3.05, 3.63) is 51.6 Å². The molecule has 1 aliphatic heterocycles. The number of halogens is 1. The Bertz CT molecular complexity index is 822. The van der Waals surface area contributed by atoms with Crippen molar-refractivity contribution in [1.82, 2.24) is 0 Å². The molecule has 2 amide bonds. The highest BCUT2D eigenvalue weighted by Gasteiger charge is 2.31. The van der Waals surface area contributed by atoms with Gasteiger partial charge in [0.25, 0.3) is 5.91 Å².